The number of methoxy groups -OCH3 is 1. The lowest BCUT2D eigenvalue weighted by atomic mass is 9.54. The van der Waals surface area contributed by atoms with Gasteiger partial charge in [0, 0.05) is 17.6 Å². The highest BCUT2D eigenvalue weighted by atomic mass is 16.5. The van der Waals surface area contributed by atoms with Crippen molar-refractivity contribution in [2.45, 2.75) is 31.7 Å². The van der Waals surface area contributed by atoms with Gasteiger partial charge in [-0.3, -0.25) is 0 Å². The van der Waals surface area contributed by atoms with Crippen LogP contribution in [0.4, 0.5) is 0 Å². The number of ether oxygens (including phenoxy) is 1. The standard InChI is InChI=1S/C20H17N5O/c1-26-15-8-6-14(7-9-15)18-20(12-23,13-24)19(10-21,11-22)16-4-2-3-5-17(16)25-18/h6-9,18,25H,2-5H2,1H3/p+1/t18-/m1/s1. The summed E-state index contributed by atoms with van der Waals surface area (Å²) in [7, 11) is 1.56. The maximum atomic E-state index is 10.0. The SMILES string of the molecule is COc1ccc([C@H]2[NH2+]C3=C(CCCC3)C(C#N)(C#N)C2(C#N)C#N)cc1. The predicted octanol–water partition coefficient (Wildman–Crippen LogP) is 2.21. The van der Waals surface area contributed by atoms with Crippen LogP contribution in [0.3, 0.4) is 0 Å². The molecule has 0 saturated carbocycles. The summed E-state index contributed by atoms with van der Waals surface area (Å²) in [6, 6.07) is 14.7. The van der Waals surface area contributed by atoms with E-state index in [1.165, 1.54) is 0 Å². The first kappa shape index (κ1) is 17.5. The summed E-state index contributed by atoms with van der Waals surface area (Å²) >= 11 is 0. The van der Waals surface area contributed by atoms with Gasteiger partial charge >= 0.3 is 0 Å². The minimum Gasteiger partial charge on any atom is -0.497 e. The van der Waals surface area contributed by atoms with Crippen molar-refractivity contribution in [1.82, 2.24) is 0 Å². The van der Waals surface area contributed by atoms with Crippen LogP contribution < -0.4 is 10.1 Å². The van der Waals surface area contributed by atoms with Gasteiger partial charge in [-0.15, -0.1) is 0 Å². The molecule has 1 aromatic carbocycles. The Morgan fingerprint density at radius 2 is 1.58 bits per heavy atom. The molecule has 26 heavy (non-hydrogen) atoms. The van der Waals surface area contributed by atoms with Gasteiger partial charge in [0.25, 0.3) is 0 Å². The Labute approximate surface area is 152 Å². The van der Waals surface area contributed by atoms with Gasteiger partial charge in [0.15, 0.2) is 6.04 Å². The van der Waals surface area contributed by atoms with E-state index < -0.39 is 16.9 Å². The number of hydrogen-bond acceptors (Lipinski definition) is 5. The summed E-state index contributed by atoms with van der Waals surface area (Å²) < 4.78 is 5.18. The zero-order valence-electron chi connectivity index (χ0n) is 14.5. The number of hydrogen-bond donors (Lipinski definition) is 1. The van der Waals surface area contributed by atoms with Crippen LogP contribution in [-0.4, -0.2) is 7.11 Å². The van der Waals surface area contributed by atoms with E-state index >= 15 is 0 Å². The van der Waals surface area contributed by atoms with Crippen molar-refractivity contribution in [2.24, 2.45) is 10.8 Å². The third-order valence-corrected chi connectivity index (χ3v) is 5.55. The van der Waals surface area contributed by atoms with Crippen LogP contribution in [0.2, 0.25) is 0 Å². The lowest BCUT2D eigenvalue weighted by Gasteiger charge is -2.43. The first-order chi connectivity index (χ1) is 12.6. The highest BCUT2D eigenvalue weighted by molar-refractivity contribution is 5.50. The molecule has 1 heterocycles. The lowest BCUT2D eigenvalue weighted by molar-refractivity contribution is -0.672. The van der Waals surface area contributed by atoms with Crippen LogP contribution in [0.25, 0.3) is 0 Å². The molecule has 0 radical (unpaired) electrons. The van der Waals surface area contributed by atoms with Crippen molar-refractivity contribution in [3.63, 3.8) is 0 Å². The number of nitrogens with zero attached hydrogens (tertiary/aromatic N) is 4. The molecule has 0 bridgehead atoms. The smallest absolute Gasteiger partial charge is 0.234 e. The molecule has 0 fully saturated rings. The second-order valence-electron chi connectivity index (χ2n) is 6.63. The fourth-order valence-corrected chi connectivity index (χ4v) is 4.16. The summed E-state index contributed by atoms with van der Waals surface area (Å²) in [6.07, 6.45) is 3.18. The molecule has 1 aliphatic carbocycles. The topological polar surface area (TPSA) is 121 Å². The Balaban J connectivity index is 2.27. The van der Waals surface area contributed by atoms with Crippen molar-refractivity contribution in [3.05, 3.63) is 41.1 Å². The average molecular weight is 344 g/mol. The minimum absolute atomic E-state index is 0.577. The first-order valence-corrected chi connectivity index (χ1v) is 8.48. The fourth-order valence-electron chi connectivity index (χ4n) is 4.16. The molecular weight excluding hydrogens is 326 g/mol. The number of benzene rings is 1. The highest BCUT2D eigenvalue weighted by Gasteiger charge is 2.67. The van der Waals surface area contributed by atoms with Crippen LogP contribution >= 0.6 is 0 Å². The Morgan fingerprint density at radius 1 is 0.962 bits per heavy atom. The zero-order valence-corrected chi connectivity index (χ0v) is 14.5. The van der Waals surface area contributed by atoms with E-state index in [2.05, 4.69) is 24.3 Å². The number of allylic oxidation sites excluding steroid dienone is 2. The molecule has 6 heteroatoms. The molecule has 1 aromatic rings. The fraction of sp³-hybridized carbons (Fsp3) is 0.400. The molecule has 2 N–H and O–H groups in total. The zero-order chi connectivity index (χ0) is 18.8. The van der Waals surface area contributed by atoms with E-state index in [4.69, 9.17) is 4.74 Å². The van der Waals surface area contributed by atoms with E-state index in [9.17, 15) is 21.0 Å². The van der Waals surface area contributed by atoms with Gasteiger partial charge in [0.1, 0.15) is 11.4 Å². The summed E-state index contributed by atoms with van der Waals surface area (Å²) in [4.78, 5) is 0. The Bertz CT molecular complexity index is 889. The molecular formula is C20H18N5O+. The predicted molar refractivity (Wildman–Crippen MR) is 90.5 cm³/mol. The Morgan fingerprint density at radius 3 is 2.12 bits per heavy atom. The molecule has 0 amide bonds. The van der Waals surface area contributed by atoms with Crippen molar-refractivity contribution in [1.29, 1.82) is 21.0 Å². The summed E-state index contributed by atoms with van der Waals surface area (Å²) in [5.74, 6) is 0.661. The van der Waals surface area contributed by atoms with E-state index in [1.54, 1.807) is 31.4 Å². The van der Waals surface area contributed by atoms with Gasteiger partial charge in [-0.25, -0.2) is 0 Å². The van der Waals surface area contributed by atoms with Crippen molar-refractivity contribution in [2.75, 3.05) is 7.11 Å². The van der Waals surface area contributed by atoms with Gasteiger partial charge in [0.05, 0.1) is 31.4 Å². The largest absolute Gasteiger partial charge is 0.497 e. The van der Waals surface area contributed by atoms with Gasteiger partial charge in [-0.05, 0) is 43.5 Å². The Kier molecular flexibility index (Phi) is 4.40. The van der Waals surface area contributed by atoms with Crippen molar-refractivity contribution in [3.8, 4) is 30.0 Å². The van der Waals surface area contributed by atoms with E-state index in [-0.39, 0.29) is 0 Å². The first-order valence-electron chi connectivity index (χ1n) is 8.48. The minimum atomic E-state index is -1.79. The molecule has 6 nitrogen and oxygen atoms in total. The number of quaternary nitrogens is 1. The molecule has 0 saturated heterocycles. The molecule has 2 aliphatic rings. The van der Waals surface area contributed by atoms with Gasteiger partial charge in [-0.2, -0.15) is 21.0 Å². The van der Waals surface area contributed by atoms with Crippen LogP contribution in [0, 0.1) is 56.2 Å². The average Bonchev–Trinajstić information content (AvgIpc) is 2.72. The highest BCUT2D eigenvalue weighted by Crippen LogP contribution is 2.55. The van der Waals surface area contributed by atoms with Crippen LogP contribution in [0.1, 0.15) is 37.3 Å². The monoisotopic (exact) mass is 344 g/mol. The summed E-state index contributed by atoms with van der Waals surface area (Å²) in [6.45, 7) is 0. The van der Waals surface area contributed by atoms with Crippen LogP contribution in [0.5, 0.6) is 5.75 Å². The Hall–Kier alpha value is -3.32. The molecule has 0 spiro atoms. The number of nitrogens with two attached hydrogens (primary N) is 1. The lowest BCUT2D eigenvalue weighted by Crippen LogP contribution is -2.90. The van der Waals surface area contributed by atoms with Crippen molar-refractivity contribution >= 4 is 0 Å². The van der Waals surface area contributed by atoms with E-state index in [1.807, 2.05) is 5.32 Å². The molecule has 0 aromatic heterocycles. The molecule has 128 valence electrons. The summed E-state index contributed by atoms with van der Waals surface area (Å²) in [5.41, 5.74) is -1.23. The molecule has 1 aliphatic heterocycles. The van der Waals surface area contributed by atoms with Crippen molar-refractivity contribution < 1.29 is 10.1 Å². The molecule has 3 rings (SSSR count). The maximum Gasteiger partial charge on any atom is 0.234 e. The third-order valence-electron chi connectivity index (χ3n) is 5.55. The summed E-state index contributed by atoms with van der Waals surface area (Å²) in [5, 5.41) is 41.9. The van der Waals surface area contributed by atoms with Gasteiger partial charge in [-0.1, -0.05) is 0 Å². The number of rotatable bonds is 2. The quantitative estimate of drug-likeness (QED) is 0.881. The molecule has 0 unspecified atom stereocenters. The second-order valence-corrected chi connectivity index (χ2v) is 6.63. The molecule has 1 atom stereocenters. The van der Waals surface area contributed by atoms with Crippen LogP contribution in [0.15, 0.2) is 35.5 Å². The maximum absolute atomic E-state index is 10.0. The third kappa shape index (κ3) is 2.18. The second kappa shape index (κ2) is 6.53. The van der Waals surface area contributed by atoms with Gasteiger partial charge < -0.3 is 10.1 Å². The van der Waals surface area contributed by atoms with Gasteiger partial charge in [0.2, 0.25) is 10.8 Å². The van der Waals surface area contributed by atoms with E-state index in [0.29, 0.717) is 17.7 Å². The van der Waals surface area contributed by atoms with Crippen LogP contribution in [-0.2, 0) is 0 Å². The number of nitriles is 4. The van der Waals surface area contributed by atoms with E-state index in [0.717, 1.165) is 30.5 Å². The normalized spacial score (nSPS) is 22.7.